The normalized spacial score (nSPS) is 11.6. The molecule has 0 rings (SSSR count). The van der Waals surface area contributed by atoms with Gasteiger partial charge in [-0.1, -0.05) is 0 Å². The fraction of sp³-hybridized carbons (Fsp3) is 0.667. The summed E-state index contributed by atoms with van der Waals surface area (Å²) in [5.74, 6) is -2.41. The van der Waals surface area contributed by atoms with Gasteiger partial charge in [-0.2, -0.15) is 0 Å². The molecule has 16 heavy (non-hydrogen) atoms. The third-order valence-corrected chi connectivity index (χ3v) is 1.64. The van der Waals surface area contributed by atoms with Crippen LogP contribution in [0.5, 0.6) is 0 Å². The molecule has 0 spiro atoms. The van der Waals surface area contributed by atoms with Crippen LogP contribution in [0.3, 0.4) is 0 Å². The first kappa shape index (κ1) is 14.4. The lowest BCUT2D eigenvalue weighted by Crippen LogP contribution is -2.36. The summed E-state index contributed by atoms with van der Waals surface area (Å²) in [5, 5.41) is 19.3. The second kappa shape index (κ2) is 7.63. The average Bonchev–Trinajstić information content (AvgIpc) is 2.23. The van der Waals surface area contributed by atoms with E-state index in [2.05, 4.69) is 10.1 Å². The van der Waals surface area contributed by atoms with Crippen LogP contribution in [-0.2, 0) is 19.1 Å². The molecule has 92 valence electrons. The number of carbonyl (C=O) groups is 3. The molecule has 7 nitrogen and oxygen atoms in total. The molecule has 0 aliphatic rings. The minimum atomic E-state index is -1.63. The van der Waals surface area contributed by atoms with Crippen molar-refractivity contribution in [3.05, 3.63) is 0 Å². The van der Waals surface area contributed by atoms with Crippen LogP contribution >= 0.6 is 0 Å². The number of amides is 1. The van der Waals surface area contributed by atoms with E-state index < -0.39 is 23.9 Å². The number of nitrogens with one attached hydrogen (secondary N) is 1. The van der Waals surface area contributed by atoms with Gasteiger partial charge in [0.1, 0.15) is 0 Å². The highest BCUT2D eigenvalue weighted by atomic mass is 16.5. The number of hydrogen-bond donors (Lipinski definition) is 3. The molecule has 0 aromatic carbocycles. The van der Waals surface area contributed by atoms with Crippen LogP contribution in [0.4, 0.5) is 0 Å². The molecule has 0 aliphatic heterocycles. The van der Waals surface area contributed by atoms with E-state index in [4.69, 9.17) is 10.2 Å². The van der Waals surface area contributed by atoms with Crippen LogP contribution in [0.2, 0.25) is 0 Å². The Kier molecular flexibility index (Phi) is 6.86. The Morgan fingerprint density at radius 2 is 1.94 bits per heavy atom. The zero-order valence-corrected chi connectivity index (χ0v) is 8.93. The average molecular weight is 233 g/mol. The highest BCUT2D eigenvalue weighted by Crippen LogP contribution is 1.93. The third-order valence-electron chi connectivity index (χ3n) is 1.64. The maximum absolute atomic E-state index is 11.1. The number of aliphatic carboxylic acids is 1. The van der Waals surface area contributed by atoms with E-state index in [9.17, 15) is 14.4 Å². The predicted octanol–water partition coefficient (Wildman–Crippen LogP) is -1.11. The maximum Gasteiger partial charge on any atom is 0.334 e. The van der Waals surface area contributed by atoms with Gasteiger partial charge in [-0.25, -0.2) is 4.79 Å². The number of carboxylic acids is 1. The van der Waals surface area contributed by atoms with Crippen molar-refractivity contribution < 1.29 is 29.3 Å². The Morgan fingerprint density at radius 3 is 2.44 bits per heavy atom. The summed E-state index contributed by atoms with van der Waals surface area (Å²) >= 11 is 0. The Labute approximate surface area is 92.4 Å². The first-order valence-corrected chi connectivity index (χ1v) is 4.80. The minimum absolute atomic E-state index is 0.0666. The van der Waals surface area contributed by atoms with Crippen LogP contribution in [0.25, 0.3) is 0 Å². The van der Waals surface area contributed by atoms with Crippen molar-refractivity contribution in [3.63, 3.8) is 0 Å². The van der Waals surface area contributed by atoms with Crippen molar-refractivity contribution in [2.75, 3.05) is 13.2 Å². The second-order valence-corrected chi connectivity index (χ2v) is 2.96. The summed E-state index contributed by atoms with van der Waals surface area (Å²) in [4.78, 5) is 32.1. The molecule has 3 N–H and O–H groups in total. The van der Waals surface area contributed by atoms with Crippen molar-refractivity contribution in [3.8, 4) is 0 Å². The Balaban J connectivity index is 3.67. The number of ether oxygens (including phenoxy) is 1. The van der Waals surface area contributed by atoms with Crippen molar-refractivity contribution in [1.82, 2.24) is 5.32 Å². The lowest BCUT2D eigenvalue weighted by atomic mass is 10.3. The lowest BCUT2D eigenvalue weighted by Gasteiger charge is -2.07. The molecular formula is C9H15NO6. The number of esters is 1. The molecule has 0 saturated heterocycles. The van der Waals surface area contributed by atoms with E-state index in [1.807, 2.05) is 0 Å². The molecule has 1 atom stereocenters. The Bertz CT molecular complexity index is 265. The molecule has 0 aromatic rings. The second-order valence-electron chi connectivity index (χ2n) is 2.96. The van der Waals surface area contributed by atoms with E-state index in [1.54, 1.807) is 6.92 Å². The topological polar surface area (TPSA) is 113 Å². The van der Waals surface area contributed by atoms with Crippen LogP contribution < -0.4 is 5.32 Å². The quantitative estimate of drug-likeness (QED) is 0.481. The lowest BCUT2D eigenvalue weighted by molar-refractivity contribution is -0.147. The minimum Gasteiger partial charge on any atom is -0.479 e. The van der Waals surface area contributed by atoms with E-state index in [1.165, 1.54) is 0 Å². The van der Waals surface area contributed by atoms with Crippen molar-refractivity contribution in [2.45, 2.75) is 25.9 Å². The molecule has 0 saturated carbocycles. The van der Waals surface area contributed by atoms with E-state index >= 15 is 0 Å². The third kappa shape index (κ3) is 6.77. The smallest absolute Gasteiger partial charge is 0.334 e. The SMILES string of the molecule is CCOC(=O)CCC(=O)NC[C@H](O)C(=O)O. The largest absolute Gasteiger partial charge is 0.479 e. The van der Waals surface area contributed by atoms with Gasteiger partial charge in [0.25, 0.3) is 0 Å². The van der Waals surface area contributed by atoms with Crippen LogP contribution in [0.1, 0.15) is 19.8 Å². The molecule has 1 amide bonds. The molecule has 7 heteroatoms. The maximum atomic E-state index is 11.1. The van der Waals surface area contributed by atoms with Crippen molar-refractivity contribution in [1.29, 1.82) is 0 Å². The summed E-state index contributed by atoms with van der Waals surface area (Å²) in [7, 11) is 0. The van der Waals surface area contributed by atoms with Gasteiger partial charge in [-0.3, -0.25) is 9.59 Å². The van der Waals surface area contributed by atoms with Gasteiger partial charge in [0.15, 0.2) is 6.10 Å². The zero-order chi connectivity index (χ0) is 12.6. The molecule has 0 fully saturated rings. The van der Waals surface area contributed by atoms with E-state index in [-0.39, 0.29) is 26.0 Å². The first-order valence-electron chi connectivity index (χ1n) is 4.80. The van der Waals surface area contributed by atoms with Gasteiger partial charge in [0, 0.05) is 6.42 Å². The fourth-order valence-corrected chi connectivity index (χ4v) is 0.835. The number of hydrogen-bond acceptors (Lipinski definition) is 5. The summed E-state index contributed by atoms with van der Waals surface area (Å²) in [6, 6.07) is 0. The monoisotopic (exact) mass is 233 g/mol. The fourth-order valence-electron chi connectivity index (χ4n) is 0.835. The van der Waals surface area contributed by atoms with Gasteiger partial charge >= 0.3 is 11.9 Å². The number of aliphatic hydroxyl groups is 1. The van der Waals surface area contributed by atoms with E-state index in [0.717, 1.165) is 0 Å². The molecule has 0 aromatic heterocycles. The summed E-state index contributed by atoms with van der Waals surface area (Å²) in [6.45, 7) is 1.52. The molecular weight excluding hydrogens is 218 g/mol. The van der Waals surface area contributed by atoms with Gasteiger partial charge in [0.05, 0.1) is 19.6 Å². The molecule has 0 aliphatic carbocycles. The van der Waals surface area contributed by atoms with Crippen molar-refractivity contribution >= 4 is 17.8 Å². The number of carbonyl (C=O) groups excluding carboxylic acids is 2. The van der Waals surface area contributed by atoms with E-state index in [0.29, 0.717) is 0 Å². The molecule has 0 unspecified atom stereocenters. The number of rotatable bonds is 7. The first-order chi connectivity index (χ1) is 7.47. The number of carboxylic acid groups (broad SMARTS) is 1. The predicted molar refractivity (Wildman–Crippen MR) is 52.5 cm³/mol. The highest BCUT2D eigenvalue weighted by molar-refractivity contribution is 5.82. The number of aliphatic hydroxyl groups excluding tert-OH is 1. The van der Waals surface area contributed by atoms with Gasteiger partial charge in [0.2, 0.25) is 5.91 Å². The van der Waals surface area contributed by atoms with Gasteiger partial charge in [-0.05, 0) is 6.92 Å². The zero-order valence-electron chi connectivity index (χ0n) is 8.93. The molecule has 0 bridgehead atoms. The van der Waals surface area contributed by atoms with Gasteiger partial charge in [-0.15, -0.1) is 0 Å². The van der Waals surface area contributed by atoms with Gasteiger partial charge < -0.3 is 20.3 Å². The molecule has 0 heterocycles. The summed E-state index contributed by atoms with van der Waals surface area (Å²) in [6.07, 6.45) is -1.79. The molecule has 0 radical (unpaired) electrons. The summed E-state index contributed by atoms with van der Waals surface area (Å²) in [5.41, 5.74) is 0. The van der Waals surface area contributed by atoms with Crippen molar-refractivity contribution in [2.24, 2.45) is 0 Å². The van der Waals surface area contributed by atoms with Crippen LogP contribution in [0, 0.1) is 0 Å². The highest BCUT2D eigenvalue weighted by Gasteiger charge is 2.14. The standard InChI is InChI=1S/C9H15NO6/c1-2-16-8(13)4-3-7(12)10-5-6(11)9(14)15/h6,11H,2-5H2,1H3,(H,10,12)(H,14,15)/t6-/m0/s1. The van der Waals surface area contributed by atoms with Crippen LogP contribution in [0.15, 0.2) is 0 Å². The Morgan fingerprint density at radius 1 is 1.31 bits per heavy atom. The summed E-state index contributed by atoms with van der Waals surface area (Å²) < 4.78 is 4.59. The van der Waals surface area contributed by atoms with Crippen LogP contribution in [-0.4, -0.2) is 47.3 Å². The Hall–Kier alpha value is -1.63.